The lowest BCUT2D eigenvalue weighted by Gasteiger charge is -2.38. The van der Waals surface area contributed by atoms with Gasteiger partial charge in [0.2, 0.25) is 15.9 Å². The van der Waals surface area contributed by atoms with Gasteiger partial charge < -0.3 is 10.2 Å². The summed E-state index contributed by atoms with van der Waals surface area (Å²) in [6, 6.07) is 12.6. The number of rotatable bonds is 7. The second kappa shape index (κ2) is 10.6. The monoisotopic (exact) mass is 522 g/mol. The number of hydrogen-bond acceptors (Lipinski definition) is 5. The number of amidine groups is 1. The summed E-state index contributed by atoms with van der Waals surface area (Å²) in [5, 5.41) is 3.49. The maximum absolute atomic E-state index is 13.3. The Morgan fingerprint density at radius 3 is 2.65 bits per heavy atom. The molecule has 2 heterocycles. The molecule has 1 N–H and O–H groups in total. The highest BCUT2D eigenvalue weighted by Crippen LogP contribution is 2.32. The summed E-state index contributed by atoms with van der Waals surface area (Å²) in [5.41, 5.74) is 2.16. The van der Waals surface area contributed by atoms with Crippen molar-refractivity contribution in [2.45, 2.75) is 37.1 Å². The Bertz CT molecular complexity index is 1190. The largest absolute Gasteiger partial charge is 0.368 e. The predicted octanol–water partition coefficient (Wildman–Crippen LogP) is 3.59. The van der Waals surface area contributed by atoms with Crippen LogP contribution in [0.5, 0.6) is 0 Å². The van der Waals surface area contributed by atoms with Crippen LogP contribution in [0.4, 0.5) is 0 Å². The summed E-state index contributed by atoms with van der Waals surface area (Å²) < 4.78 is 28.0. The molecule has 7 nitrogen and oxygen atoms in total. The normalized spacial score (nSPS) is 18.9. The van der Waals surface area contributed by atoms with E-state index < -0.39 is 10.0 Å². The third kappa shape index (κ3) is 5.40. The van der Waals surface area contributed by atoms with Crippen LogP contribution in [0.2, 0.25) is 10.0 Å². The van der Waals surface area contributed by atoms with Gasteiger partial charge in [0.05, 0.1) is 16.6 Å². The van der Waals surface area contributed by atoms with Gasteiger partial charge in [0, 0.05) is 44.7 Å². The third-order valence-electron chi connectivity index (χ3n) is 6.28. The number of carbonyl (C=O) groups is 1. The predicted molar refractivity (Wildman–Crippen MR) is 135 cm³/mol. The Hall–Kier alpha value is -2.13. The molecule has 0 radical (unpaired) electrons. The average Bonchev–Trinajstić information content (AvgIpc) is 3.36. The second-order valence-electron chi connectivity index (χ2n) is 8.53. The van der Waals surface area contributed by atoms with Crippen LogP contribution in [0.15, 0.2) is 52.4 Å². The molecule has 1 unspecified atom stereocenters. The van der Waals surface area contributed by atoms with Crippen LogP contribution in [0.1, 0.15) is 30.9 Å². The van der Waals surface area contributed by atoms with Crippen molar-refractivity contribution in [2.75, 3.05) is 32.7 Å². The van der Waals surface area contributed by atoms with Crippen LogP contribution in [-0.2, 0) is 21.2 Å². The van der Waals surface area contributed by atoms with E-state index in [4.69, 9.17) is 23.2 Å². The highest BCUT2D eigenvalue weighted by atomic mass is 35.5. The first kappa shape index (κ1) is 25.0. The molecule has 1 amide bonds. The first-order chi connectivity index (χ1) is 16.3. The number of benzene rings is 2. The van der Waals surface area contributed by atoms with E-state index in [2.05, 4.69) is 22.4 Å². The van der Waals surface area contributed by atoms with Crippen molar-refractivity contribution in [3.63, 3.8) is 0 Å². The molecule has 0 aliphatic carbocycles. The summed E-state index contributed by atoms with van der Waals surface area (Å²) in [6.07, 6.45) is 2.10. The molecule has 2 aliphatic heterocycles. The number of carbonyl (C=O) groups excluding carboxylic acids is 1. The van der Waals surface area contributed by atoms with Crippen LogP contribution in [-0.4, -0.2) is 68.1 Å². The first-order valence-electron chi connectivity index (χ1n) is 11.4. The summed E-state index contributed by atoms with van der Waals surface area (Å²) in [7, 11) is -3.83. The second-order valence-corrected chi connectivity index (χ2v) is 11.2. The van der Waals surface area contributed by atoms with Crippen LogP contribution in [0.3, 0.4) is 0 Å². The molecule has 1 saturated heterocycles. The van der Waals surface area contributed by atoms with Gasteiger partial charge >= 0.3 is 0 Å². The maximum Gasteiger partial charge on any atom is 0.244 e. The van der Waals surface area contributed by atoms with Gasteiger partial charge in [0.25, 0.3) is 0 Å². The third-order valence-corrected chi connectivity index (χ3v) is 9.12. The zero-order valence-electron chi connectivity index (χ0n) is 19.0. The zero-order valence-corrected chi connectivity index (χ0v) is 21.3. The minimum Gasteiger partial charge on any atom is -0.368 e. The fraction of sp³-hybridized carbons (Fsp3) is 0.417. The number of halogens is 2. The summed E-state index contributed by atoms with van der Waals surface area (Å²) in [6.45, 7) is 4.32. The van der Waals surface area contributed by atoms with E-state index in [9.17, 15) is 13.2 Å². The molecular formula is C24H28Cl2N4O3S. The topological polar surface area (TPSA) is 82.1 Å². The van der Waals surface area contributed by atoms with Gasteiger partial charge in [-0.25, -0.2) is 8.42 Å². The van der Waals surface area contributed by atoms with E-state index in [0.29, 0.717) is 25.9 Å². The lowest BCUT2D eigenvalue weighted by atomic mass is 10.0. The van der Waals surface area contributed by atoms with E-state index in [1.165, 1.54) is 17.3 Å². The number of hydrogen-bond donors (Lipinski definition) is 1. The van der Waals surface area contributed by atoms with Gasteiger partial charge in [-0.15, -0.1) is 0 Å². The first-order valence-corrected chi connectivity index (χ1v) is 13.6. The molecular weight excluding hydrogens is 495 g/mol. The fourth-order valence-electron chi connectivity index (χ4n) is 4.48. The number of nitrogens with one attached hydrogen (secondary N) is 1. The molecule has 2 aliphatic rings. The standard InChI is InChI=1S/C24H28Cl2N4O3S/c1-17(31)30(15-11-18-7-9-19(10-8-18)24-27-12-13-28-24)20-4-3-14-29(16-20)34(32,33)22-6-2-5-21(25)23(22)26/h2,5-10,20H,3-4,11-16H2,1H3,(H,27,28). The van der Waals surface area contributed by atoms with Crippen molar-refractivity contribution in [3.8, 4) is 0 Å². The van der Waals surface area contributed by atoms with Gasteiger partial charge in [-0.1, -0.05) is 53.5 Å². The van der Waals surface area contributed by atoms with E-state index in [1.54, 1.807) is 17.0 Å². The molecule has 34 heavy (non-hydrogen) atoms. The molecule has 0 saturated carbocycles. The Morgan fingerprint density at radius 2 is 1.97 bits per heavy atom. The van der Waals surface area contributed by atoms with Crippen LogP contribution in [0.25, 0.3) is 0 Å². The molecule has 0 bridgehead atoms. The number of sulfonamides is 1. The van der Waals surface area contributed by atoms with Gasteiger partial charge in [-0.2, -0.15) is 4.31 Å². The van der Waals surface area contributed by atoms with E-state index in [0.717, 1.165) is 36.5 Å². The molecule has 1 atom stereocenters. The van der Waals surface area contributed by atoms with Crippen LogP contribution < -0.4 is 5.32 Å². The van der Waals surface area contributed by atoms with Crippen LogP contribution >= 0.6 is 23.2 Å². The molecule has 0 spiro atoms. The number of nitrogens with zero attached hydrogens (tertiary/aromatic N) is 3. The molecule has 1 fully saturated rings. The molecule has 2 aromatic rings. The van der Waals surface area contributed by atoms with E-state index in [-0.39, 0.29) is 33.4 Å². The molecule has 0 aromatic heterocycles. The minimum atomic E-state index is -3.83. The maximum atomic E-state index is 13.3. The van der Waals surface area contributed by atoms with Crippen molar-refractivity contribution in [2.24, 2.45) is 4.99 Å². The van der Waals surface area contributed by atoms with E-state index >= 15 is 0 Å². The summed E-state index contributed by atoms with van der Waals surface area (Å²) in [4.78, 5) is 18.7. The Kier molecular flexibility index (Phi) is 7.82. The van der Waals surface area contributed by atoms with Crippen molar-refractivity contribution in [1.29, 1.82) is 0 Å². The minimum absolute atomic E-state index is 0.00172. The van der Waals surface area contributed by atoms with E-state index in [1.807, 2.05) is 12.1 Å². The number of piperidine rings is 1. The smallest absolute Gasteiger partial charge is 0.244 e. The van der Waals surface area contributed by atoms with Crippen molar-refractivity contribution >= 4 is 45.0 Å². The number of amides is 1. The van der Waals surface area contributed by atoms with Gasteiger partial charge in [0.1, 0.15) is 10.7 Å². The van der Waals surface area contributed by atoms with Crippen molar-refractivity contribution < 1.29 is 13.2 Å². The highest BCUT2D eigenvalue weighted by molar-refractivity contribution is 7.89. The SMILES string of the molecule is CC(=O)N(CCc1ccc(C2=NCCN2)cc1)C1CCCN(S(=O)(=O)c2cccc(Cl)c2Cl)C1. The van der Waals surface area contributed by atoms with Gasteiger partial charge in [-0.05, 0) is 37.0 Å². The Labute approximate surface area is 210 Å². The van der Waals surface area contributed by atoms with Gasteiger partial charge in [0.15, 0.2) is 0 Å². The average molecular weight is 523 g/mol. The number of aliphatic imine (C=N–C) groups is 1. The fourth-order valence-corrected chi connectivity index (χ4v) is 6.74. The lowest BCUT2D eigenvalue weighted by molar-refractivity contribution is -0.131. The van der Waals surface area contributed by atoms with Crippen LogP contribution in [0, 0.1) is 0 Å². The molecule has 2 aromatic carbocycles. The zero-order chi connectivity index (χ0) is 24.3. The molecule has 10 heteroatoms. The van der Waals surface area contributed by atoms with Crippen molar-refractivity contribution in [1.82, 2.24) is 14.5 Å². The Morgan fingerprint density at radius 1 is 1.21 bits per heavy atom. The highest BCUT2D eigenvalue weighted by Gasteiger charge is 2.35. The van der Waals surface area contributed by atoms with Gasteiger partial charge in [-0.3, -0.25) is 9.79 Å². The van der Waals surface area contributed by atoms with Crippen molar-refractivity contribution in [3.05, 3.63) is 63.6 Å². The summed E-state index contributed by atoms with van der Waals surface area (Å²) in [5.74, 6) is 0.853. The molecule has 4 rings (SSSR count). The summed E-state index contributed by atoms with van der Waals surface area (Å²) >= 11 is 12.3. The molecule has 182 valence electrons. The Balaban J connectivity index is 1.44. The lowest BCUT2D eigenvalue weighted by Crippen LogP contribution is -2.51. The quantitative estimate of drug-likeness (QED) is 0.602.